The summed E-state index contributed by atoms with van der Waals surface area (Å²) < 4.78 is 9.85. The number of hydrogen-bond acceptors (Lipinski definition) is 3. The maximum absolute atomic E-state index is 10.9. The van der Waals surface area contributed by atoms with Crippen molar-refractivity contribution in [2.75, 3.05) is 13.2 Å². The maximum atomic E-state index is 10.9. The van der Waals surface area contributed by atoms with Gasteiger partial charge in [-0.1, -0.05) is 38.5 Å². The fourth-order valence-electron chi connectivity index (χ4n) is 0.862. The van der Waals surface area contributed by atoms with Gasteiger partial charge in [0, 0.05) is 0 Å². The molecule has 0 amide bonds. The molecule has 0 bridgehead atoms. The molecule has 0 fully saturated rings. The van der Waals surface area contributed by atoms with Gasteiger partial charge in [-0.05, 0) is 19.1 Å². The third-order valence-electron chi connectivity index (χ3n) is 1.41. The fraction of sp³-hybridized carbons (Fsp3) is 0.462. The fourth-order valence-corrected chi connectivity index (χ4v) is 0.862. The Morgan fingerprint density at radius 2 is 1.69 bits per heavy atom. The molecule has 0 saturated heterocycles. The van der Waals surface area contributed by atoms with E-state index in [0.717, 1.165) is 0 Å². The Morgan fingerprint density at radius 3 is 2.19 bits per heavy atom. The minimum atomic E-state index is -0.341. The van der Waals surface area contributed by atoms with E-state index in [1.54, 1.807) is 19.1 Å². The zero-order valence-corrected chi connectivity index (χ0v) is 10.2. The SMILES string of the molecule is CCC.CCOC(=O)COc1ccccc1. The molecule has 0 spiro atoms. The molecule has 0 aliphatic carbocycles. The van der Waals surface area contributed by atoms with Crippen LogP contribution in [0.25, 0.3) is 0 Å². The first-order chi connectivity index (χ1) is 7.74. The van der Waals surface area contributed by atoms with E-state index >= 15 is 0 Å². The molecule has 0 N–H and O–H groups in total. The molecule has 3 nitrogen and oxygen atoms in total. The molecule has 0 atom stereocenters. The molecule has 0 unspecified atom stereocenters. The van der Waals surface area contributed by atoms with E-state index in [9.17, 15) is 4.79 Å². The first-order valence-corrected chi connectivity index (χ1v) is 5.58. The smallest absolute Gasteiger partial charge is 0.344 e. The van der Waals surface area contributed by atoms with Crippen LogP contribution in [0.4, 0.5) is 0 Å². The minimum absolute atomic E-state index is 0.0299. The molecule has 0 aliphatic rings. The molecule has 0 heterocycles. The van der Waals surface area contributed by atoms with E-state index in [0.29, 0.717) is 12.4 Å². The zero-order chi connectivity index (χ0) is 12.2. The third kappa shape index (κ3) is 7.85. The predicted octanol–water partition coefficient (Wildman–Crippen LogP) is 3.04. The van der Waals surface area contributed by atoms with Crippen molar-refractivity contribution < 1.29 is 14.3 Å². The number of rotatable bonds is 4. The van der Waals surface area contributed by atoms with Gasteiger partial charge in [-0.3, -0.25) is 0 Å². The van der Waals surface area contributed by atoms with Crippen LogP contribution < -0.4 is 4.74 Å². The molecule has 16 heavy (non-hydrogen) atoms. The standard InChI is InChI=1S/C10H12O3.C3H8/c1-2-12-10(11)8-13-9-6-4-3-5-7-9;1-3-2/h3-7H,2,8H2,1H3;3H2,1-2H3. The zero-order valence-electron chi connectivity index (χ0n) is 10.2. The summed E-state index contributed by atoms with van der Waals surface area (Å²) in [6.45, 7) is 6.37. The third-order valence-corrected chi connectivity index (χ3v) is 1.41. The van der Waals surface area contributed by atoms with Crippen LogP contribution in [0.3, 0.4) is 0 Å². The molecule has 1 aromatic rings. The molecule has 90 valence electrons. The number of para-hydroxylation sites is 1. The first kappa shape index (κ1) is 14.5. The van der Waals surface area contributed by atoms with Gasteiger partial charge >= 0.3 is 5.97 Å². The monoisotopic (exact) mass is 224 g/mol. The highest BCUT2D eigenvalue weighted by Crippen LogP contribution is 2.07. The molecular formula is C13H20O3. The normalized spacial score (nSPS) is 8.69. The van der Waals surface area contributed by atoms with Gasteiger partial charge in [0.25, 0.3) is 0 Å². The lowest BCUT2D eigenvalue weighted by molar-refractivity contribution is -0.145. The van der Waals surface area contributed by atoms with Crippen LogP contribution in [-0.2, 0) is 9.53 Å². The largest absolute Gasteiger partial charge is 0.482 e. The van der Waals surface area contributed by atoms with Crippen molar-refractivity contribution in [3.05, 3.63) is 30.3 Å². The average molecular weight is 224 g/mol. The molecule has 0 saturated carbocycles. The summed E-state index contributed by atoms with van der Waals surface area (Å²) in [5, 5.41) is 0. The summed E-state index contributed by atoms with van der Waals surface area (Å²) >= 11 is 0. The van der Waals surface area contributed by atoms with Crippen LogP contribution in [0.15, 0.2) is 30.3 Å². The Hall–Kier alpha value is -1.51. The van der Waals surface area contributed by atoms with Crippen LogP contribution in [0, 0.1) is 0 Å². The number of benzene rings is 1. The highest BCUT2D eigenvalue weighted by Gasteiger charge is 2.01. The van der Waals surface area contributed by atoms with Gasteiger partial charge in [0.1, 0.15) is 5.75 Å². The molecule has 1 rings (SSSR count). The Labute approximate surface area is 97.4 Å². The van der Waals surface area contributed by atoms with Gasteiger partial charge in [0.05, 0.1) is 6.61 Å². The van der Waals surface area contributed by atoms with Crippen molar-refractivity contribution in [2.24, 2.45) is 0 Å². The summed E-state index contributed by atoms with van der Waals surface area (Å²) in [4.78, 5) is 10.9. The number of carbonyl (C=O) groups is 1. The summed E-state index contributed by atoms with van der Waals surface area (Å²) in [6.07, 6.45) is 1.25. The van der Waals surface area contributed by atoms with Crippen LogP contribution in [0.1, 0.15) is 27.2 Å². The van der Waals surface area contributed by atoms with Gasteiger partial charge in [0.15, 0.2) is 6.61 Å². The van der Waals surface area contributed by atoms with E-state index < -0.39 is 0 Å². The van der Waals surface area contributed by atoms with Crippen LogP contribution in [0.5, 0.6) is 5.75 Å². The lowest BCUT2D eigenvalue weighted by atomic mass is 10.3. The van der Waals surface area contributed by atoms with Crippen molar-refractivity contribution in [3.8, 4) is 5.75 Å². The number of esters is 1. The summed E-state index contributed by atoms with van der Waals surface area (Å²) in [6, 6.07) is 9.16. The van der Waals surface area contributed by atoms with E-state index in [4.69, 9.17) is 9.47 Å². The van der Waals surface area contributed by atoms with E-state index in [1.165, 1.54) is 6.42 Å². The lowest BCUT2D eigenvalue weighted by Crippen LogP contribution is -2.14. The Bertz CT molecular complexity index is 270. The van der Waals surface area contributed by atoms with Gasteiger partial charge in [-0.15, -0.1) is 0 Å². The van der Waals surface area contributed by atoms with Gasteiger partial charge in [0.2, 0.25) is 0 Å². The highest BCUT2D eigenvalue weighted by molar-refractivity contribution is 5.71. The molecule has 0 aromatic heterocycles. The second-order valence-corrected chi connectivity index (χ2v) is 3.11. The van der Waals surface area contributed by atoms with Crippen molar-refractivity contribution in [1.82, 2.24) is 0 Å². The predicted molar refractivity (Wildman–Crippen MR) is 64.5 cm³/mol. The molecule has 0 radical (unpaired) electrons. The molecule has 0 aliphatic heterocycles. The minimum Gasteiger partial charge on any atom is -0.482 e. The topological polar surface area (TPSA) is 35.5 Å². The number of ether oxygens (including phenoxy) is 2. The van der Waals surface area contributed by atoms with E-state index in [1.807, 2.05) is 18.2 Å². The number of carbonyl (C=O) groups excluding carboxylic acids is 1. The molecular weight excluding hydrogens is 204 g/mol. The second kappa shape index (κ2) is 10.0. The van der Waals surface area contributed by atoms with Crippen LogP contribution in [-0.4, -0.2) is 19.2 Å². The Balaban J connectivity index is 0.000000673. The lowest BCUT2D eigenvalue weighted by Gasteiger charge is -2.04. The van der Waals surface area contributed by atoms with Crippen LogP contribution in [0.2, 0.25) is 0 Å². The van der Waals surface area contributed by atoms with Crippen molar-refractivity contribution in [3.63, 3.8) is 0 Å². The highest BCUT2D eigenvalue weighted by atomic mass is 16.6. The van der Waals surface area contributed by atoms with E-state index in [2.05, 4.69) is 13.8 Å². The Kier molecular flexibility index (Phi) is 9.08. The van der Waals surface area contributed by atoms with Gasteiger partial charge < -0.3 is 9.47 Å². The molecule has 3 heteroatoms. The average Bonchev–Trinajstić information content (AvgIpc) is 2.29. The summed E-state index contributed by atoms with van der Waals surface area (Å²) in [5.41, 5.74) is 0. The van der Waals surface area contributed by atoms with E-state index in [-0.39, 0.29) is 12.6 Å². The quantitative estimate of drug-likeness (QED) is 0.737. The van der Waals surface area contributed by atoms with Crippen molar-refractivity contribution in [1.29, 1.82) is 0 Å². The van der Waals surface area contributed by atoms with Crippen LogP contribution >= 0.6 is 0 Å². The Morgan fingerprint density at radius 1 is 1.12 bits per heavy atom. The molecule has 1 aromatic carbocycles. The summed E-state index contributed by atoms with van der Waals surface area (Å²) in [5.74, 6) is 0.335. The maximum Gasteiger partial charge on any atom is 0.344 e. The first-order valence-electron chi connectivity index (χ1n) is 5.58. The second-order valence-electron chi connectivity index (χ2n) is 3.11. The van der Waals surface area contributed by atoms with Gasteiger partial charge in [-0.2, -0.15) is 0 Å². The number of hydrogen-bond donors (Lipinski definition) is 0. The van der Waals surface area contributed by atoms with Crippen molar-refractivity contribution >= 4 is 5.97 Å². The van der Waals surface area contributed by atoms with Gasteiger partial charge in [-0.25, -0.2) is 4.79 Å². The summed E-state index contributed by atoms with van der Waals surface area (Å²) in [7, 11) is 0. The van der Waals surface area contributed by atoms with Crippen molar-refractivity contribution in [2.45, 2.75) is 27.2 Å².